The molecule has 0 N–H and O–H groups in total. The van der Waals surface area contributed by atoms with Crippen molar-refractivity contribution >= 4 is 11.6 Å². The molecule has 1 fully saturated rings. The van der Waals surface area contributed by atoms with Crippen LogP contribution in [-0.2, 0) is 12.5 Å². The zero-order valence-corrected chi connectivity index (χ0v) is 12.6. The minimum absolute atomic E-state index is 0.134. The molecule has 5 nitrogen and oxygen atoms in total. The topological polar surface area (TPSA) is 52.8 Å². The van der Waals surface area contributed by atoms with Gasteiger partial charge >= 0.3 is 0 Å². The SMILES string of the molecule is COc1cc(C2(c3nncn3C)CC(C)C2)cc(Cl)n1. The van der Waals surface area contributed by atoms with E-state index in [-0.39, 0.29) is 5.41 Å². The van der Waals surface area contributed by atoms with Crippen LogP contribution in [0.1, 0.15) is 31.2 Å². The van der Waals surface area contributed by atoms with Crippen molar-refractivity contribution in [2.45, 2.75) is 25.2 Å². The molecule has 0 atom stereocenters. The van der Waals surface area contributed by atoms with Gasteiger partial charge in [-0.25, -0.2) is 4.98 Å². The first-order valence-electron chi connectivity index (χ1n) is 6.62. The zero-order chi connectivity index (χ0) is 14.3. The van der Waals surface area contributed by atoms with Crippen LogP contribution in [0.4, 0.5) is 0 Å². The lowest BCUT2D eigenvalue weighted by Gasteiger charge is -2.46. The van der Waals surface area contributed by atoms with Gasteiger partial charge < -0.3 is 9.30 Å². The number of hydrogen-bond donors (Lipinski definition) is 0. The van der Waals surface area contributed by atoms with Gasteiger partial charge in [-0.3, -0.25) is 0 Å². The van der Waals surface area contributed by atoms with Gasteiger partial charge in [0.1, 0.15) is 17.3 Å². The van der Waals surface area contributed by atoms with Crippen molar-refractivity contribution in [3.8, 4) is 5.88 Å². The molecule has 0 spiro atoms. The lowest BCUT2D eigenvalue weighted by molar-refractivity contribution is 0.184. The maximum atomic E-state index is 6.12. The van der Waals surface area contributed by atoms with Crippen LogP contribution in [0.15, 0.2) is 18.5 Å². The van der Waals surface area contributed by atoms with Gasteiger partial charge in [0.15, 0.2) is 0 Å². The molecule has 0 aromatic carbocycles. The highest BCUT2D eigenvalue weighted by molar-refractivity contribution is 6.29. The smallest absolute Gasteiger partial charge is 0.214 e. The van der Waals surface area contributed by atoms with E-state index in [0.29, 0.717) is 17.0 Å². The van der Waals surface area contributed by atoms with Crippen LogP contribution < -0.4 is 4.74 Å². The van der Waals surface area contributed by atoms with Crippen LogP contribution in [0, 0.1) is 5.92 Å². The summed E-state index contributed by atoms with van der Waals surface area (Å²) in [6.45, 7) is 2.24. The highest BCUT2D eigenvalue weighted by atomic mass is 35.5. The Bertz CT molecular complexity index is 634. The number of nitrogens with zero attached hydrogens (tertiary/aromatic N) is 4. The molecule has 0 amide bonds. The maximum Gasteiger partial charge on any atom is 0.214 e. The Balaban J connectivity index is 2.13. The summed E-state index contributed by atoms with van der Waals surface area (Å²) in [5.74, 6) is 2.16. The second kappa shape index (κ2) is 4.74. The van der Waals surface area contributed by atoms with Gasteiger partial charge in [-0.2, -0.15) is 0 Å². The number of rotatable bonds is 3. The lowest BCUT2D eigenvalue weighted by atomic mass is 9.58. The number of aryl methyl sites for hydroxylation is 1. The normalized spacial score (nSPS) is 25.3. The first-order chi connectivity index (χ1) is 9.55. The van der Waals surface area contributed by atoms with Crippen LogP contribution in [0.2, 0.25) is 5.15 Å². The summed E-state index contributed by atoms with van der Waals surface area (Å²) in [7, 11) is 3.57. The molecule has 6 heteroatoms. The Kier molecular flexibility index (Phi) is 3.17. The van der Waals surface area contributed by atoms with Gasteiger partial charge in [-0.15, -0.1) is 10.2 Å². The van der Waals surface area contributed by atoms with Crippen LogP contribution in [0.5, 0.6) is 5.88 Å². The standard InChI is InChI=1S/C14H17ClN4O/c1-9-6-14(7-9,13-18-16-8-19(13)2)10-4-11(15)17-12(5-10)20-3/h4-5,8-9H,6-7H2,1-3H3. The molecule has 1 saturated carbocycles. The maximum absolute atomic E-state index is 6.12. The number of hydrogen-bond acceptors (Lipinski definition) is 4. The summed E-state index contributed by atoms with van der Waals surface area (Å²) >= 11 is 6.12. The summed E-state index contributed by atoms with van der Waals surface area (Å²) < 4.78 is 7.21. The second-order valence-corrected chi connectivity index (χ2v) is 5.97. The van der Waals surface area contributed by atoms with Crippen molar-refractivity contribution in [3.63, 3.8) is 0 Å². The Labute approximate surface area is 123 Å². The van der Waals surface area contributed by atoms with Gasteiger partial charge in [-0.05, 0) is 30.4 Å². The average molecular weight is 293 g/mol. The predicted molar refractivity (Wildman–Crippen MR) is 76.0 cm³/mol. The monoisotopic (exact) mass is 292 g/mol. The van der Waals surface area contributed by atoms with E-state index >= 15 is 0 Å². The molecule has 2 aromatic rings. The third kappa shape index (κ3) is 1.97. The van der Waals surface area contributed by atoms with Crippen molar-refractivity contribution in [2.75, 3.05) is 7.11 Å². The summed E-state index contributed by atoms with van der Waals surface area (Å²) in [5.41, 5.74) is 0.966. The molecule has 0 bridgehead atoms. The molecule has 3 rings (SSSR count). The fraction of sp³-hybridized carbons (Fsp3) is 0.500. The van der Waals surface area contributed by atoms with E-state index in [1.807, 2.05) is 23.7 Å². The van der Waals surface area contributed by atoms with Crippen molar-refractivity contribution < 1.29 is 4.74 Å². The van der Waals surface area contributed by atoms with Gasteiger partial charge in [-0.1, -0.05) is 18.5 Å². The third-order valence-corrected chi connectivity index (χ3v) is 4.26. The Morgan fingerprint density at radius 3 is 2.70 bits per heavy atom. The first kappa shape index (κ1) is 13.4. The van der Waals surface area contributed by atoms with Crippen LogP contribution in [0.25, 0.3) is 0 Å². The van der Waals surface area contributed by atoms with E-state index in [0.717, 1.165) is 24.2 Å². The minimum Gasteiger partial charge on any atom is -0.481 e. The molecule has 2 aromatic heterocycles. The van der Waals surface area contributed by atoms with E-state index < -0.39 is 0 Å². The molecule has 1 aliphatic rings. The fourth-order valence-corrected chi connectivity index (χ4v) is 3.45. The molecule has 106 valence electrons. The number of pyridine rings is 1. The molecule has 20 heavy (non-hydrogen) atoms. The molecular formula is C14H17ClN4O. The Morgan fingerprint density at radius 1 is 1.40 bits per heavy atom. The average Bonchev–Trinajstić information content (AvgIpc) is 2.80. The van der Waals surface area contributed by atoms with Crippen LogP contribution >= 0.6 is 11.6 Å². The van der Waals surface area contributed by atoms with Crippen molar-refractivity contribution in [2.24, 2.45) is 13.0 Å². The largest absolute Gasteiger partial charge is 0.481 e. The van der Waals surface area contributed by atoms with Crippen LogP contribution in [-0.4, -0.2) is 26.9 Å². The highest BCUT2D eigenvalue weighted by Gasteiger charge is 2.48. The number of ether oxygens (including phenoxy) is 1. The number of halogens is 1. The minimum atomic E-state index is -0.134. The second-order valence-electron chi connectivity index (χ2n) is 5.58. The molecule has 0 unspecified atom stereocenters. The zero-order valence-electron chi connectivity index (χ0n) is 11.8. The fourth-order valence-electron chi connectivity index (χ4n) is 3.25. The summed E-state index contributed by atoms with van der Waals surface area (Å²) in [5, 5.41) is 8.78. The van der Waals surface area contributed by atoms with E-state index in [2.05, 4.69) is 22.1 Å². The van der Waals surface area contributed by atoms with Gasteiger partial charge in [0.25, 0.3) is 0 Å². The molecule has 1 aliphatic carbocycles. The number of methoxy groups -OCH3 is 1. The third-order valence-electron chi connectivity index (χ3n) is 4.07. The predicted octanol–water partition coefficient (Wildman–Crippen LogP) is 2.59. The van der Waals surface area contributed by atoms with Gasteiger partial charge in [0, 0.05) is 13.1 Å². The molecular weight excluding hydrogens is 276 g/mol. The van der Waals surface area contributed by atoms with E-state index in [4.69, 9.17) is 16.3 Å². The molecule has 2 heterocycles. The molecule has 0 saturated heterocycles. The van der Waals surface area contributed by atoms with Gasteiger partial charge in [0.05, 0.1) is 12.5 Å². The van der Waals surface area contributed by atoms with E-state index in [1.54, 1.807) is 13.4 Å². The Hall–Kier alpha value is -1.62. The van der Waals surface area contributed by atoms with E-state index in [1.165, 1.54) is 0 Å². The quantitative estimate of drug-likeness (QED) is 0.816. The summed E-state index contributed by atoms with van der Waals surface area (Å²) in [6, 6.07) is 3.86. The summed E-state index contributed by atoms with van der Waals surface area (Å²) in [6.07, 6.45) is 3.80. The molecule has 0 aliphatic heterocycles. The van der Waals surface area contributed by atoms with Crippen molar-refractivity contribution in [1.29, 1.82) is 0 Å². The van der Waals surface area contributed by atoms with E-state index in [9.17, 15) is 0 Å². The van der Waals surface area contributed by atoms with Crippen molar-refractivity contribution in [3.05, 3.63) is 35.0 Å². The highest BCUT2D eigenvalue weighted by Crippen LogP contribution is 2.52. The van der Waals surface area contributed by atoms with Gasteiger partial charge in [0.2, 0.25) is 5.88 Å². The number of aromatic nitrogens is 4. The lowest BCUT2D eigenvalue weighted by Crippen LogP contribution is -2.43. The first-order valence-corrected chi connectivity index (χ1v) is 6.99. The van der Waals surface area contributed by atoms with Crippen molar-refractivity contribution in [1.82, 2.24) is 19.7 Å². The molecule has 0 radical (unpaired) electrons. The summed E-state index contributed by atoms with van der Waals surface area (Å²) in [4.78, 5) is 4.15. The van der Waals surface area contributed by atoms with Crippen LogP contribution in [0.3, 0.4) is 0 Å². The Morgan fingerprint density at radius 2 is 2.15 bits per heavy atom.